The number of furan rings is 1. The fraction of sp³-hybridized carbons (Fsp3) is 0.150. The summed E-state index contributed by atoms with van der Waals surface area (Å²) in [6.45, 7) is 2.21. The molecule has 0 saturated carbocycles. The maximum absolute atomic E-state index is 12.4. The first kappa shape index (κ1) is 20.2. The molecule has 3 aromatic rings. The number of hydrogen-bond donors (Lipinski definition) is 1. The van der Waals surface area contributed by atoms with E-state index in [4.69, 9.17) is 25.5 Å². The minimum Gasteiger partial charge on any atom is -0.494 e. The molecule has 0 fully saturated rings. The van der Waals surface area contributed by atoms with Gasteiger partial charge in [0.15, 0.2) is 5.76 Å². The Morgan fingerprint density at radius 3 is 2.69 bits per heavy atom. The molecular weight excluding hydrogens is 400 g/mol. The number of benzene rings is 2. The van der Waals surface area contributed by atoms with Crippen LogP contribution < -0.4 is 14.8 Å². The standard InChI is InChI=1S/C20H17ClN2O6/c1-2-27-13-7-9-16(17(11-13)23(25)26)22-20(24)19-10-8-14(29-19)12-28-18-6-4-3-5-15(18)21/h3-11H,2,12H2,1H3,(H,22,24). The van der Waals surface area contributed by atoms with E-state index in [9.17, 15) is 14.9 Å². The van der Waals surface area contributed by atoms with Gasteiger partial charge in [-0.05, 0) is 43.3 Å². The predicted octanol–water partition coefficient (Wildman–Crippen LogP) is 5.07. The molecule has 0 aliphatic rings. The lowest BCUT2D eigenvalue weighted by molar-refractivity contribution is -0.384. The number of nitrogens with one attached hydrogen (secondary N) is 1. The van der Waals surface area contributed by atoms with E-state index in [1.165, 1.54) is 24.3 Å². The number of nitrogens with zero attached hydrogens (tertiary/aromatic N) is 1. The fourth-order valence-corrected chi connectivity index (χ4v) is 2.69. The van der Waals surface area contributed by atoms with Gasteiger partial charge in [0, 0.05) is 0 Å². The summed E-state index contributed by atoms with van der Waals surface area (Å²) < 4.78 is 16.3. The molecule has 0 unspecified atom stereocenters. The Hall–Kier alpha value is -3.52. The molecule has 1 aromatic heterocycles. The van der Waals surface area contributed by atoms with E-state index in [0.29, 0.717) is 28.9 Å². The normalized spacial score (nSPS) is 10.4. The van der Waals surface area contributed by atoms with Crippen molar-refractivity contribution in [2.75, 3.05) is 11.9 Å². The summed E-state index contributed by atoms with van der Waals surface area (Å²) in [6, 6.07) is 14.2. The Kier molecular flexibility index (Phi) is 6.36. The van der Waals surface area contributed by atoms with Crippen LogP contribution in [0.15, 0.2) is 59.0 Å². The number of amides is 1. The molecule has 0 saturated heterocycles. The summed E-state index contributed by atoms with van der Waals surface area (Å²) in [6.07, 6.45) is 0. The molecule has 0 radical (unpaired) electrons. The first-order chi connectivity index (χ1) is 14.0. The third kappa shape index (κ3) is 5.05. The van der Waals surface area contributed by atoms with Crippen LogP contribution in [0.2, 0.25) is 5.02 Å². The van der Waals surface area contributed by atoms with Crippen LogP contribution in [-0.4, -0.2) is 17.4 Å². The van der Waals surface area contributed by atoms with Crippen molar-refractivity contribution in [1.82, 2.24) is 0 Å². The molecule has 3 rings (SSSR count). The highest BCUT2D eigenvalue weighted by Gasteiger charge is 2.20. The lowest BCUT2D eigenvalue weighted by Gasteiger charge is -2.07. The monoisotopic (exact) mass is 416 g/mol. The highest BCUT2D eigenvalue weighted by molar-refractivity contribution is 6.32. The number of anilines is 1. The van der Waals surface area contributed by atoms with E-state index in [2.05, 4.69) is 5.32 Å². The fourth-order valence-electron chi connectivity index (χ4n) is 2.50. The van der Waals surface area contributed by atoms with Crippen LogP contribution >= 0.6 is 11.6 Å². The Labute approximate surface area is 171 Å². The molecule has 0 aliphatic carbocycles. The van der Waals surface area contributed by atoms with Crippen molar-refractivity contribution in [2.45, 2.75) is 13.5 Å². The molecule has 8 nitrogen and oxygen atoms in total. The van der Waals surface area contributed by atoms with E-state index in [0.717, 1.165) is 0 Å². The van der Waals surface area contributed by atoms with Gasteiger partial charge >= 0.3 is 0 Å². The zero-order valence-electron chi connectivity index (χ0n) is 15.4. The predicted molar refractivity (Wildman–Crippen MR) is 107 cm³/mol. The summed E-state index contributed by atoms with van der Waals surface area (Å²) in [7, 11) is 0. The quantitative estimate of drug-likeness (QED) is 0.406. The number of ether oxygens (including phenoxy) is 2. The number of para-hydroxylation sites is 1. The average Bonchev–Trinajstić information content (AvgIpc) is 3.18. The Morgan fingerprint density at radius 1 is 1.17 bits per heavy atom. The second-order valence-electron chi connectivity index (χ2n) is 5.81. The molecular formula is C20H17ClN2O6. The Morgan fingerprint density at radius 2 is 1.97 bits per heavy atom. The molecule has 2 aromatic carbocycles. The molecule has 9 heteroatoms. The summed E-state index contributed by atoms with van der Waals surface area (Å²) in [5.41, 5.74) is -0.244. The van der Waals surface area contributed by atoms with Crippen molar-refractivity contribution in [3.05, 3.63) is 81.3 Å². The topological polar surface area (TPSA) is 104 Å². The molecule has 1 N–H and O–H groups in total. The molecule has 0 bridgehead atoms. The molecule has 0 atom stereocenters. The summed E-state index contributed by atoms with van der Waals surface area (Å²) in [5, 5.41) is 14.2. The SMILES string of the molecule is CCOc1ccc(NC(=O)c2ccc(COc3ccccc3Cl)o2)c([N+](=O)[O-])c1. The van der Waals surface area contributed by atoms with Gasteiger partial charge in [0.2, 0.25) is 0 Å². The number of carbonyl (C=O) groups is 1. The van der Waals surface area contributed by atoms with Gasteiger partial charge in [0.1, 0.15) is 29.6 Å². The molecule has 1 heterocycles. The number of rotatable bonds is 8. The van der Waals surface area contributed by atoms with Crippen molar-refractivity contribution in [3.63, 3.8) is 0 Å². The van der Waals surface area contributed by atoms with Crippen molar-refractivity contribution < 1.29 is 23.6 Å². The van der Waals surface area contributed by atoms with Crippen LogP contribution in [0.3, 0.4) is 0 Å². The average molecular weight is 417 g/mol. The van der Waals surface area contributed by atoms with E-state index >= 15 is 0 Å². The highest BCUT2D eigenvalue weighted by Crippen LogP contribution is 2.30. The third-order valence-electron chi connectivity index (χ3n) is 3.82. The molecule has 0 spiro atoms. The lowest BCUT2D eigenvalue weighted by atomic mass is 10.2. The molecule has 150 valence electrons. The zero-order valence-corrected chi connectivity index (χ0v) is 16.1. The highest BCUT2D eigenvalue weighted by atomic mass is 35.5. The largest absolute Gasteiger partial charge is 0.494 e. The summed E-state index contributed by atoms with van der Waals surface area (Å²) in [5.74, 6) is 0.597. The van der Waals surface area contributed by atoms with Crippen LogP contribution in [0.25, 0.3) is 0 Å². The van der Waals surface area contributed by atoms with Crippen LogP contribution in [0, 0.1) is 10.1 Å². The second-order valence-corrected chi connectivity index (χ2v) is 6.22. The Balaban J connectivity index is 1.69. The number of carbonyl (C=O) groups excluding carboxylic acids is 1. The second kappa shape index (κ2) is 9.11. The van der Waals surface area contributed by atoms with Crippen LogP contribution in [0.4, 0.5) is 11.4 Å². The molecule has 0 aliphatic heterocycles. The lowest BCUT2D eigenvalue weighted by Crippen LogP contribution is -2.12. The van der Waals surface area contributed by atoms with Crippen molar-refractivity contribution >= 4 is 28.9 Å². The van der Waals surface area contributed by atoms with E-state index < -0.39 is 10.8 Å². The number of nitro benzene ring substituents is 1. The van der Waals surface area contributed by atoms with E-state index in [1.54, 1.807) is 37.3 Å². The van der Waals surface area contributed by atoms with Crippen molar-refractivity contribution in [1.29, 1.82) is 0 Å². The van der Waals surface area contributed by atoms with Crippen LogP contribution in [-0.2, 0) is 6.61 Å². The van der Waals surface area contributed by atoms with Crippen molar-refractivity contribution in [2.24, 2.45) is 0 Å². The number of nitro groups is 1. The van der Waals surface area contributed by atoms with E-state index in [1.807, 2.05) is 0 Å². The van der Waals surface area contributed by atoms with Gasteiger partial charge in [-0.15, -0.1) is 0 Å². The van der Waals surface area contributed by atoms with E-state index in [-0.39, 0.29) is 23.7 Å². The minimum atomic E-state index is -0.624. The number of hydrogen-bond acceptors (Lipinski definition) is 6. The van der Waals surface area contributed by atoms with Gasteiger partial charge in [-0.25, -0.2) is 0 Å². The van der Waals surface area contributed by atoms with Crippen LogP contribution in [0.5, 0.6) is 11.5 Å². The smallest absolute Gasteiger partial charge is 0.296 e. The maximum atomic E-state index is 12.4. The van der Waals surface area contributed by atoms with Crippen LogP contribution in [0.1, 0.15) is 23.2 Å². The number of halogens is 1. The first-order valence-electron chi connectivity index (χ1n) is 8.66. The zero-order chi connectivity index (χ0) is 20.8. The first-order valence-corrected chi connectivity index (χ1v) is 9.04. The van der Waals surface area contributed by atoms with Gasteiger partial charge in [0.05, 0.1) is 22.6 Å². The van der Waals surface area contributed by atoms with Gasteiger partial charge in [-0.1, -0.05) is 23.7 Å². The minimum absolute atomic E-state index is 0.00839. The van der Waals surface area contributed by atoms with Gasteiger partial charge in [-0.2, -0.15) is 0 Å². The van der Waals surface area contributed by atoms with Gasteiger partial charge in [0.25, 0.3) is 11.6 Å². The maximum Gasteiger partial charge on any atom is 0.296 e. The Bertz CT molecular complexity index is 1030. The van der Waals surface area contributed by atoms with Crippen molar-refractivity contribution in [3.8, 4) is 11.5 Å². The third-order valence-corrected chi connectivity index (χ3v) is 4.13. The molecule has 29 heavy (non-hydrogen) atoms. The molecule has 1 amide bonds. The van der Waals surface area contributed by atoms with Gasteiger partial charge < -0.3 is 19.2 Å². The van der Waals surface area contributed by atoms with Gasteiger partial charge in [-0.3, -0.25) is 14.9 Å². The summed E-state index contributed by atoms with van der Waals surface area (Å²) in [4.78, 5) is 23.1. The summed E-state index contributed by atoms with van der Waals surface area (Å²) >= 11 is 6.02.